The molecule has 0 fully saturated rings. The molecule has 2 N–H and O–H groups in total. The molecule has 84 valence electrons. The highest BCUT2D eigenvalue weighted by Crippen LogP contribution is 2.26. The number of carbonyl (C=O) groups excluding carboxylic acids is 1. The maximum absolute atomic E-state index is 11.6. The van der Waals surface area contributed by atoms with Gasteiger partial charge >= 0.3 is 0 Å². The van der Waals surface area contributed by atoms with Crippen molar-refractivity contribution < 1.29 is 4.79 Å². The second-order valence-electron chi connectivity index (χ2n) is 3.57. The number of carbonyl (C=O) groups is 1. The Balaban J connectivity index is 2.33. The third kappa shape index (κ3) is 2.06. The van der Waals surface area contributed by atoms with Crippen LogP contribution in [0.25, 0.3) is 0 Å². The van der Waals surface area contributed by atoms with E-state index < -0.39 is 0 Å². The number of rotatable bonds is 1. The van der Waals surface area contributed by atoms with E-state index >= 15 is 0 Å². The van der Waals surface area contributed by atoms with Crippen molar-refractivity contribution in [2.75, 3.05) is 7.05 Å². The summed E-state index contributed by atoms with van der Waals surface area (Å²) < 4.78 is 0.727. The third-order valence-electron chi connectivity index (χ3n) is 2.51. The molecule has 1 unspecified atom stereocenters. The van der Waals surface area contributed by atoms with Crippen molar-refractivity contribution in [1.82, 2.24) is 9.88 Å². The molecular weight excluding hydrogens is 272 g/mol. The highest BCUT2D eigenvalue weighted by Gasteiger charge is 2.25. The van der Waals surface area contributed by atoms with E-state index in [0.717, 1.165) is 10.2 Å². The van der Waals surface area contributed by atoms with Gasteiger partial charge in [-0.2, -0.15) is 0 Å². The summed E-state index contributed by atoms with van der Waals surface area (Å²) in [6.45, 7) is 0. The van der Waals surface area contributed by atoms with Crippen LogP contribution in [0.4, 0.5) is 0 Å². The molecule has 0 bridgehead atoms. The molecule has 1 aliphatic rings. The Bertz CT molecular complexity index is 460. The minimum Gasteiger partial charge on any atom is -0.369 e. The fraction of sp³-hybridized carbons (Fsp3) is 0.300. The van der Waals surface area contributed by atoms with E-state index in [0.29, 0.717) is 6.42 Å². The summed E-state index contributed by atoms with van der Waals surface area (Å²) in [6, 6.07) is 3.48. The number of hydrogen-bond acceptors (Lipinski definition) is 4. The Labute approximate surface area is 101 Å². The Morgan fingerprint density at radius 2 is 2.38 bits per heavy atom. The lowest BCUT2D eigenvalue weighted by atomic mass is 10.0. The van der Waals surface area contributed by atoms with Gasteiger partial charge in [0.2, 0.25) is 5.91 Å². The van der Waals surface area contributed by atoms with Gasteiger partial charge in [0.05, 0.1) is 12.5 Å². The average molecular weight is 283 g/mol. The maximum Gasteiger partial charge on any atom is 0.231 e. The van der Waals surface area contributed by atoms with Crippen LogP contribution in [-0.2, 0) is 4.79 Å². The summed E-state index contributed by atoms with van der Waals surface area (Å²) in [5.41, 5.74) is 6.60. The topological polar surface area (TPSA) is 71.6 Å². The van der Waals surface area contributed by atoms with Crippen molar-refractivity contribution in [3.8, 4) is 0 Å². The highest BCUT2D eigenvalue weighted by molar-refractivity contribution is 9.10. The number of aromatic nitrogens is 1. The Hall–Kier alpha value is -1.43. The van der Waals surface area contributed by atoms with Crippen molar-refractivity contribution in [1.29, 1.82) is 0 Å². The number of halogens is 1. The van der Waals surface area contributed by atoms with Gasteiger partial charge in [-0.3, -0.25) is 9.69 Å². The van der Waals surface area contributed by atoms with Crippen LogP contribution < -0.4 is 5.73 Å². The molecule has 2 rings (SSSR count). The molecular formula is C10H11BrN4O. The van der Waals surface area contributed by atoms with Crippen LogP contribution in [0.5, 0.6) is 0 Å². The number of nitrogens with zero attached hydrogens (tertiary/aromatic N) is 3. The zero-order valence-corrected chi connectivity index (χ0v) is 10.3. The number of pyridine rings is 1. The van der Waals surface area contributed by atoms with E-state index in [1.807, 2.05) is 12.1 Å². The quantitative estimate of drug-likeness (QED) is 0.783. The first kappa shape index (κ1) is 11.1. The molecule has 0 radical (unpaired) electrons. The molecule has 1 atom stereocenters. The molecule has 1 aromatic heterocycles. The lowest BCUT2D eigenvalue weighted by molar-refractivity contribution is -0.127. The smallest absolute Gasteiger partial charge is 0.231 e. The number of aliphatic imine (C=N–C) groups is 1. The summed E-state index contributed by atoms with van der Waals surface area (Å²) in [6.07, 6.45) is 2.02. The van der Waals surface area contributed by atoms with Gasteiger partial charge in [0.25, 0.3) is 0 Å². The first-order chi connectivity index (χ1) is 7.58. The molecule has 0 saturated heterocycles. The molecule has 2 heterocycles. The van der Waals surface area contributed by atoms with E-state index in [1.165, 1.54) is 4.90 Å². The highest BCUT2D eigenvalue weighted by atomic mass is 79.9. The van der Waals surface area contributed by atoms with Crippen LogP contribution in [0.15, 0.2) is 27.9 Å². The Kier molecular flexibility index (Phi) is 2.91. The van der Waals surface area contributed by atoms with Gasteiger partial charge in [-0.15, -0.1) is 0 Å². The standard InChI is InChI=1S/C10H11BrN4O/c1-15-9(16)5-7(14-10(15)12)6-2-3-13-8(11)4-6/h2-4,7H,5H2,1H3,(H2,12,14). The van der Waals surface area contributed by atoms with Crippen LogP contribution in [0.1, 0.15) is 18.0 Å². The summed E-state index contributed by atoms with van der Waals surface area (Å²) in [4.78, 5) is 21.3. The minimum atomic E-state index is -0.206. The normalized spacial score (nSPS) is 20.9. The van der Waals surface area contributed by atoms with Crippen LogP contribution in [0.2, 0.25) is 0 Å². The second-order valence-corrected chi connectivity index (χ2v) is 4.38. The fourth-order valence-corrected chi connectivity index (χ4v) is 1.92. The summed E-state index contributed by atoms with van der Waals surface area (Å²) >= 11 is 3.28. The number of amides is 1. The molecule has 6 heteroatoms. The molecule has 0 aromatic carbocycles. The van der Waals surface area contributed by atoms with Gasteiger partial charge in [-0.05, 0) is 33.6 Å². The van der Waals surface area contributed by atoms with E-state index in [9.17, 15) is 4.79 Å². The van der Waals surface area contributed by atoms with Crippen molar-refractivity contribution in [2.24, 2.45) is 10.7 Å². The molecule has 0 aliphatic carbocycles. The Morgan fingerprint density at radius 1 is 1.62 bits per heavy atom. The molecule has 1 aromatic rings. The first-order valence-corrected chi connectivity index (χ1v) is 5.58. The zero-order valence-electron chi connectivity index (χ0n) is 8.72. The van der Waals surface area contributed by atoms with Crippen LogP contribution >= 0.6 is 15.9 Å². The molecule has 5 nitrogen and oxygen atoms in total. The van der Waals surface area contributed by atoms with Crippen molar-refractivity contribution in [3.05, 3.63) is 28.5 Å². The SMILES string of the molecule is CN1C(=O)CC(c2ccnc(Br)c2)N=C1N. The van der Waals surface area contributed by atoms with Crippen LogP contribution in [0, 0.1) is 0 Å². The van der Waals surface area contributed by atoms with E-state index in [4.69, 9.17) is 5.73 Å². The van der Waals surface area contributed by atoms with Crippen molar-refractivity contribution >= 4 is 27.8 Å². The van der Waals surface area contributed by atoms with Gasteiger partial charge in [-0.25, -0.2) is 9.98 Å². The largest absolute Gasteiger partial charge is 0.369 e. The minimum absolute atomic E-state index is 0.0227. The van der Waals surface area contributed by atoms with Crippen LogP contribution in [-0.4, -0.2) is 28.8 Å². The van der Waals surface area contributed by atoms with Crippen molar-refractivity contribution in [3.63, 3.8) is 0 Å². The van der Waals surface area contributed by atoms with Gasteiger partial charge in [0, 0.05) is 13.2 Å². The average Bonchev–Trinajstić information content (AvgIpc) is 2.25. The summed E-state index contributed by atoms with van der Waals surface area (Å²) in [7, 11) is 1.62. The molecule has 0 spiro atoms. The van der Waals surface area contributed by atoms with Crippen molar-refractivity contribution in [2.45, 2.75) is 12.5 Å². The first-order valence-electron chi connectivity index (χ1n) is 4.79. The monoisotopic (exact) mass is 282 g/mol. The predicted molar refractivity (Wildman–Crippen MR) is 63.7 cm³/mol. The van der Waals surface area contributed by atoms with E-state index in [-0.39, 0.29) is 17.9 Å². The Morgan fingerprint density at radius 3 is 3.00 bits per heavy atom. The molecule has 16 heavy (non-hydrogen) atoms. The van der Waals surface area contributed by atoms with Gasteiger partial charge in [0.15, 0.2) is 5.96 Å². The lowest BCUT2D eigenvalue weighted by Crippen LogP contribution is -2.42. The van der Waals surface area contributed by atoms with Crippen LogP contribution in [0.3, 0.4) is 0 Å². The van der Waals surface area contributed by atoms with Gasteiger partial charge in [-0.1, -0.05) is 0 Å². The maximum atomic E-state index is 11.6. The van der Waals surface area contributed by atoms with Gasteiger partial charge in [0.1, 0.15) is 4.60 Å². The van der Waals surface area contributed by atoms with E-state index in [1.54, 1.807) is 13.2 Å². The summed E-state index contributed by atoms with van der Waals surface area (Å²) in [5, 5.41) is 0. The zero-order chi connectivity index (χ0) is 11.7. The van der Waals surface area contributed by atoms with E-state index in [2.05, 4.69) is 25.9 Å². The fourth-order valence-electron chi connectivity index (χ4n) is 1.54. The molecule has 1 amide bonds. The lowest BCUT2D eigenvalue weighted by Gasteiger charge is -2.25. The number of hydrogen-bond donors (Lipinski definition) is 1. The summed E-state index contributed by atoms with van der Waals surface area (Å²) in [5.74, 6) is 0.236. The molecule has 0 saturated carbocycles. The molecule has 1 aliphatic heterocycles. The predicted octanol–water partition coefficient (Wildman–Crippen LogP) is 1.06. The second kappa shape index (κ2) is 4.21. The van der Waals surface area contributed by atoms with Gasteiger partial charge < -0.3 is 5.73 Å². The number of nitrogens with two attached hydrogens (primary N) is 1. The number of guanidine groups is 1. The third-order valence-corrected chi connectivity index (χ3v) is 2.94.